The van der Waals surface area contributed by atoms with Gasteiger partial charge in [0.05, 0.1) is 26.7 Å². The molecule has 3 N–H and O–H groups in total. The van der Waals surface area contributed by atoms with E-state index in [1.165, 1.54) is 0 Å². The van der Waals surface area contributed by atoms with Gasteiger partial charge in [-0.05, 0) is 6.92 Å². The fourth-order valence-electron chi connectivity index (χ4n) is 1.39. The Labute approximate surface area is 109 Å². The van der Waals surface area contributed by atoms with E-state index in [-0.39, 0.29) is 20.3 Å². The maximum absolute atomic E-state index is 9.16. The minimum Gasteiger partial charge on any atom is -0.381 e. The molecule has 0 rings (SSSR count). The molecule has 0 saturated heterocycles. The first-order valence-corrected chi connectivity index (χ1v) is 6.21. The van der Waals surface area contributed by atoms with Crippen LogP contribution in [0.5, 0.6) is 0 Å². The van der Waals surface area contributed by atoms with Gasteiger partial charge in [0.25, 0.3) is 0 Å². The van der Waals surface area contributed by atoms with Crippen molar-refractivity contribution in [1.29, 1.82) is 0 Å². The van der Waals surface area contributed by atoms with Crippen LogP contribution in [0.1, 0.15) is 6.92 Å². The highest BCUT2D eigenvalue weighted by Crippen LogP contribution is 1.92. The summed E-state index contributed by atoms with van der Waals surface area (Å²) in [5.74, 6) is 0. The van der Waals surface area contributed by atoms with Gasteiger partial charge in [0, 0.05) is 32.8 Å². The van der Waals surface area contributed by atoms with E-state index in [0.717, 1.165) is 0 Å². The molecule has 0 aliphatic rings. The molecule has 0 fully saturated rings. The van der Waals surface area contributed by atoms with Crippen molar-refractivity contribution in [2.24, 2.45) is 0 Å². The Morgan fingerprint density at radius 2 is 1.28 bits per heavy atom. The van der Waals surface area contributed by atoms with Crippen molar-refractivity contribution in [2.75, 3.05) is 66.3 Å². The van der Waals surface area contributed by atoms with Crippen LogP contribution in [0.25, 0.3) is 0 Å². The highest BCUT2D eigenvalue weighted by atomic mass is 16.6. The van der Waals surface area contributed by atoms with Gasteiger partial charge in [-0.1, -0.05) is 0 Å². The molecule has 0 saturated carbocycles. The highest BCUT2D eigenvalue weighted by Gasteiger charge is 2.07. The van der Waals surface area contributed by atoms with Crippen molar-refractivity contribution in [3.8, 4) is 0 Å². The second-order valence-electron chi connectivity index (χ2n) is 3.75. The predicted octanol–water partition coefficient (Wildman–Crippen LogP) is -1.51. The summed E-state index contributed by atoms with van der Waals surface area (Å²) < 4.78 is 10.0. The molecule has 0 radical (unpaired) electrons. The van der Waals surface area contributed by atoms with Crippen molar-refractivity contribution >= 4 is 0 Å². The largest absolute Gasteiger partial charge is 0.381 e. The van der Waals surface area contributed by atoms with Gasteiger partial charge in [0.15, 0.2) is 0 Å². The number of ether oxygens (including phenoxy) is 2. The number of aliphatic hydroxyl groups excluding tert-OH is 3. The monoisotopic (exact) mass is 266 g/mol. The van der Waals surface area contributed by atoms with Crippen LogP contribution in [0.15, 0.2) is 0 Å². The first-order valence-electron chi connectivity index (χ1n) is 6.21. The lowest BCUT2D eigenvalue weighted by Gasteiger charge is -2.24. The zero-order valence-electron chi connectivity index (χ0n) is 11.1. The fourth-order valence-corrected chi connectivity index (χ4v) is 1.39. The maximum Gasteiger partial charge on any atom is 0.143 e. The quantitative estimate of drug-likeness (QED) is 0.276. The molecule has 0 amide bonds. The van der Waals surface area contributed by atoms with Gasteiger partial charge >= 0.3 is 0 Å². The summed E-state index contributed by atoms with van der Waals surface area (Å²) in [5, 5.41) is 26.8. The summed E-state index contributed by atoms with van der Waals surface area (Å²) in [6.07, 6.45) is 0. The van der Waals surface area contributed by atoms with Crippen LogP contribution in [0.3, 0.4) is 0 Å². The molecule has 0 aromatic heterocycles. The molecule has 7 nitrogen and oxygen atoms in total. The zero-order chi connectivity index (χ0) is 13.6. The summed E-state index contributed by atoms with van der Waals surface area (Å²) in [5.41, 5.74) is 0. The second kappa shape index (κ2) is 13.2. The molecule has 0 spiro atoms. The number of aliphatic hydroxyl groups is 3. The molecule has 0 heterocycles. The topological polar surface area (TPSA) is 85.6 Å². The highest BCUT2D eigenvalue weighted by molar-refractivity contribution is 4.58. The Morgan fingerprint density at radius 3 is 1.67 bits per heavy atom. The fraction of sp³-hybridized carbons (Fsp3) is 1.00. The van der Waals surface area contributed by atoms with Crippen LogP contribution < -0.4 is 0 Å². The molecule has 7 heteroatoms. The summed E-state index contributed by atoms with van der Waals surface area (Å²) in [7, 11) is 0. The third kappa shape index (κ3) is 9.72. The molecular weight excluding hydrogens is 240 g/mol. The Hall–Kier alpha value is -0.280. The van der Waals surface area contributed by atoms with Gasteiger partial charge in [-0.3, -0.25) is 9.80 Å². The lowest BCUT2D eigenvalue weighted by Crippen LogP contribution is -2.39. The normalized spacial score (nSPS) is 11.7. The lowest BCUT2D eigenvalue weighted by molar-refractivity contribution is -0.0217. The van der Waals surface area contributed by atoms with Gasteiger partial charge in [-0.15, -0.1) is 0 Å². The molecule has 110 valence electrons. The average molecular weight is 266 g/mol. The van der Waals surface area contributed by atoms with Crippen molar-refractivity contribution in [1.82, 2.24) is 9.80 Å². The molecule has 0 aromatic rings. The molecule has 0 unspecified atom stereocenters. The first-order chi connectivity index (χ1) is 8.78. The van der Waals surface area contributed by atoms with E-state index in [1.807, 2.05) is 11.8 Å². The number of hydrogen-bond acceptors (Lipinski definition) is 7. The van der Waals surface area contributed by atoms with Gasteiger partial charge in [-0.25, -0.2) is 0 Å². The number of rotatable bonds is 13. The summed E-state index contributed by atoms with van der Waals surface area (Å²) in [6, 6.07) is 0. The number of hydrogen-bond donors (Lipinski definition) is 3. The summed E-state index contributed by atoms with van der Waals surface area (Å²) >= 11 is 0. The van der Waals surface area contributed by atoms with Gasteiger partial charge in [-0.2, -0.15) is 0 Å². The predicted molar refractivity (Wildman–Crippen MR) is 66.8 cm³/mol. The molecule has 0 aromatic carbocycles. The molecular formula is C11H26N2O5. The summed E-state index contributed by atoms with van der Waals surface area (Å²) in [6.45, 7) is 5.62. The Bertz CT molecular complexity index is 156. The van der Waals surface area contributed by atoms with Crippen molar-refractivity contribution in [3.05, 3.63) is 0 Å². The van der Waals surface area contributed by atoms with E-state index < -0.39 is 0 Å². The van der Waals surface area contributed by atoms with Crippen LogP contribution in [0.4, 0.5) is 0 Å². The first kappa shape index (κ1) is 17.7. The lowest BCUT2D eigenvalue weighted by atomic mass is 10.4. The van der Waals surface area contributed by atoms with E-state index in [0.29, 0.717) is 46.0 Å². The second-order valence-corrected chi connectivity index (χ2v) is 3.75. The smallest absolute Gasteiger partial charge is 0.143 e. The minimum absolute atomic E-state index is 0.0283. The van der Waals surface area contributed by atoms with E-state index >= 15 is 0 Å². The molecule has 0 aliphatic heterocycles. The zero-order valence-corrected chi connectivity index (χ0v) is 11.1. The van der Waals surface area contributed by atoms with Gasteiger partial charge < -0.3 is 24.8 Å². The van der Waals surface area contributed by atoms with E-state index in [4.69, 9.17) is 24.8 Å². The van der Waals surface area contributed by atoms with Crippen molar-refractivity contribution in [2.45, 2.75) is 6.92 Å². The molecule has 0 aliphatic carbocycles. The Balaban J connectivity index is 3.70. The van der Waals surface area contributed by atoms with Crippen LogP contribution in [0, 0.1) is 0 Å². The summed E-state index contributed by atoms with van der Waals surface area (Å²) in [4.78, 5) is 3.62. The van der Waals surface area contributed by atoms with Crippen LogP contribution in [-0.2, 0) is 9.47 Å². The maximum atomic E-state index is 9.16. The van der Waals surface area contributed by atoms with Crippen LogP contribution >= 0.6 is 0 Å². The molecule has 0 atom stereocenters. The van der Waals surface area contributed by atoms with E-state index in [1.54, 1.807) is 4.90 Å². The molecule has 18 heavy (non-hydrogen) atoms. The van der Waals surface area contributed by atoms with E-state index in [2.05, 4.69) is 0 Å². The SMILES string of the molecule is CCOCCN(CO)CCN(CO)CCOCO. The van der Waals surface area contributed by atoms with E-state index in [9.17, 15) is 0 Å². The van der Waals surface area contributed by atoms with Gasteiger partial charge in [0.2, 0.25) is 0 Å². The number of nitrogens with zero attached hydrogens (tertiary/aromatic N) is 2. The van der Waals surface area contributed by atoms with Crippen LogP contribution in [0.2, 0.25) is 0 Å². The van der Waals surface area contributed by atoms with Crippen molar-refractivity contribution < 1.29 is 24.8 Å². The third-order valence-electron chi connectivity index (χ3n) is 2.53. The Morgan fingerprint density at radius 1 is 0.778 bits per heavy atom. The minimum atomic E-state index is -0.309. The molecule has 0 bridgehead atoms. The third-order valence-corrected chi connectivity index (χ3v) is 2.53. The Kier molecular flexibility index (Phi) is 13.0. The van der Waals surface area contributed by atoms with Crippen molar-refractivity contribution in [3.63, 3.8) is 0 Å². The van der Waals surface area contributed by atoms with Gasteiger partial charge in [0.1, 0.15) is 6.79 Å². The average Bonchev–Trinajstić information content (AvgIpc) is 2.40. The standard InChI is InChI=1S/C11H26N2O5/c1-2-17-7-5-12(9-14)3-4-13(10-15)6-8-18-11-16/h14-16H,2-11H2,1H3. The van der Waals surface area contributed by atoms with Crippen LogP contribution in [-0.4, -0.2) is 91.4 Å².